The van der Waals surface area contributed by atoms with Gasteiger partial charge in [0, 0.05) is 19.5 Å². The third-order valence-electron chi connectivity index (χ3n) is 6.98. The number of esters is 1. The number of alkyl halides is 7. The number of amides is 1. The van der Waals surface area contributed by atoms with Crippen molar-refractivity contribution in [3.05, 3.63) is 106 Å². The maximum absolute atomic E-state index is 14.3. The molecule has 1 saturated heterocycles. The zero-order chi connectivity index (χ0) is 30.7. The van der Waals surface area contributed by atoms with Crippen LogP contribution in [-0.2, 0) is 35.0 Å². The van der Waals surface area contributed by atoms with Gasteiger partial charge in [-0.3, -0.25) is 9.69 Å². The number of nitrogens with zero attached hydrogens (tertiary/aromatic N) is 1. The zero-order valence-electron chi connectivity index (χ0n) is 22.3. The van der Waals surface area contributed by atoms with E-state index in [0.717, 1.165) is 24.3 Å². The molecule has 3 atom stereocenters. The van der Waals surface area contributed by atoms with Crippen molar-refractivity contribution < 1.29 is 45.1 Å². The third-order valence-corrected chi connectivity index (χ3v) is 6.98. The van der Waals surface area contributed by atoms with Gasteiger partial charge in [0.1, 0.15) is 12.8 Å². The van der Waals surface area contributed by atoms with Gasteiger partial charge in [-0.2, -0.15) is 26.3 Å². The van der Waals surface area contributed by atoms with Gasteiger partial charge < -0.3 is 10.1 Å². The second-order valence-corrected chi connectivity index (χ2v) is 10.1. The number of hydrogen-bond donors (Lipinski definition) is 1. The van der Waals surface area contributed by atoms with Gasteiger partial charge in [-0.25, -0.2) is 9.18 Å². The molecule has 224 valence electrons. The normalized spacial score (nSPS) is 18.5. The molecule has 1 aliphatic heterocycles. The largest absolute Gasteiger partial charge is 0.457 e. The molecule has 0 spiro atoms. The Morgan fingerprint density at radius 2 is 1.38 bits per heavy atom. The van der Waals surface area contributed by atoms with E-state index in [0.29, 0.717) is 16.7 Å². The van der Waals surface area contributed by atoms with Crippen LogP contribution in [0.15, 0.2) is 72.8 Å². The lowest BCUT2D eigenvalue weighted by molar-refractivity contribution is -0.138. The number of carbonyl (C=O) groups excluding carboxylic acids is 2. The van der Waals surface area contributed by atoms with Crippen molar-refractivity contribution in [1.29, 1.82) is 0 Å². The van der Waals surface area contributed by atoms with Crippen molar-refractivity contribution in [2.45, 2.75) is 57.1 Å². The number of ether oxygens (including phenoxy) is 1. The molecule has 5 nitrogen and oxygen atoms in total. The van der Waals surface area contributed by atoms with Crippen LogP contribution in [-0.4, -0.2) is 35.5 Å². The van der Waals surface area contributed by atoms with Crippen molar-refractivity contribution in [1.82, 2.24) is 10.2 Å². The minimum absolute atomic E-state index is 0.0310. The molecule has 0 saturated carbocycles. The molecule has 42 heavy (non-hydrogen) atoms. The van der Waals surface area contributed by atoms with Gasteiger partial charge in [0.05, 0.1) is 28.8 Å². The van der Waals surface area contributed by atoms with Crippen LogP contribution in [0, 0.1) is 0 Å². The summed E-state index contributed by atoms with van der Waals surface area (Å²) in [5.41, 5.74) is 0.147. The summed E-state index contributed by atoms with van der Waals surface area (Å²) in [6.07, 6.45) is -10.3. The lowest BCUT2D eigenvalue weighted by atomic mass is 10.0. The SMILES string of the molecule is C[C@H](NC(=O)[C@H]1C[C@H](F)CN1Cc1ccc(C(F)(F)F)cc1)c1ccc(C(=O)OCc2ccc(C(F)(F)F)cc2)cc1. The molecular weight excluding hydrogens is 569 g/mol. The first-order valence-electron chi connectivity index (χ1n) is 13.0. The highest BCUT2D eigenvalue weighted by Gasteiger charge is 2.37. The summed E-state index contributed by atoms with van der Waals surface area (Å²) in [5.74, 6) is -1.12. The first-order valence-corrected chi connectivity index (χ1v) is 13.0. The molecule has 1 aliphatic rings. The Labute approximate surface area is 237 Å². The summed E-state index contributed by atoms with van der Waals surface area (Å²) in [6.45, 7) is 1.56. The number of carbonyl (C=O) groups is 2. The van der Waals surface area contributed by atoms with E-state index in [9.17, 15) is 40.3 Å². The summed E-state index contributed by atoms with van der Waals surface area (Å²) >= 11 is 0. The van der Waals surface area contributed by atoms with E-state index in [1.54, 1.807) is 24.0 Å². The van der Waals surface area contributed by atoms with Gasteiger partial charge in [0.15, 0.2) is 0 Å². The Morgan fingerprint density at radius 3 is 1.90 bits per heavy atom. The monoisotopic (exact) mass is 596 g/mol. The van der Waals surface area contributed by atoms with Crippen LogP contribution in [0.4, 0.5) is 30.7 Å². The summed E-state index contributed by atoms with van der Waals surface area (Å²) in [5, 5.41) is 2.82. The average Bonchev–Trinajstić information content (AvgIpc) is 3.31. The Hall–Kier alpha value is -3.93. The highest BCUT2D eigenvalue weighted by Crippen LogP contribution is 2.31. The number of likely N-dealkylation sites (tertiary alicyclic amines) is 1. The molecule has 1 amide bonds. The van der Waals surface area contributed by atoms with Crippen LogP contribution in [0.2, 0.25) is 0 Å². The number of halogens is 7. The smallest absolute Gasteiger partial charge is 0.416 e. The second-order valence-electron chi connectivity index (χ2n) is 10.1. The Balaban J connectivity index is 1.31. The lowest BCUT2D eigenvalue weighted by Crippen LogP contribution is -2.43. The van der Waals surface area contributed by atoms with Crippen LogP contribution in [0.25, 0.3) is 0 Å². The number of rotatable bonds is 8. The molecule has 1 fully saturated rings. The van der Waals surface area contributed by atoms with Gasteiger partial charge in [-0.05, 0) is 60.0 Å². The minimum atomic E-state index is -4.47. The molecule has 0 aromatic heterocycles. The number of nitrogens with one attached hydrogen (secondary N) is 1. The maximum Gasteiger partial charge on any atom is 0.416 e. The van der Waals surface area contributed by atoms with Gasteiger partial charge in [-0.15, -0.1) is 0 Å². The van der Waals surface area contributed by atoms with Crippen LogP contribution >= 0.6 is 0 Å². The summed E-state index contributed by atoms with van der Waals surface area (Å²) in [7, 11) is 0. The van der Waals surface area contributed by atoms with Gasteiger partial charge in [0.25, 0.3) is 0 Å². The standard InChI is InChI=1S/C30H27F7N2O3/c1-18(21-6-8-22(9-7-21)28(41)42-17-20-4-12-24(13-5-20)30(35,36)37)38-27(40)26-14-25(31)16-39(26)15-19-2-10-23(11-3-19)29(32,33)34/h2-13,18,25-26H,14-17H2,1H3,(H,38,40)/t18-,25-,26+/m0/s1. The fraction of sp³-hybridized carbons (Fsp3) is 0.333. The second kappa shape index (κ2) is 12.5. The van der Waals surface area contributed by atoms with Crippen LogP contribution < -0.4 is 5.32 Å². The Kier molecular flexibility index (Phi) is 9.24. The first-order chi connectivity index (χ1) is 19.7. The van der Waals surface area contributed by atoms with E-state index in [4.69, 9.17) is 4.74 Å². The van der Waals surface area contributed by atoms with Crippen molar-refractivity contribution in [3.8, 4) is 0 Å². The van der Waals surface area contributed by atoms with E-state index in [2.05, 4.69) is 5.32 Å². The highest BCUT2D eigenvalue weighted by atomic mass is 19.4. The van der Waals surface area contributed by atoms with Crippen LogP contribution in [0.5, 0.6) is 0 Å². The summed E-state index contributed by atoms with van der Waals surface area (Å²) in [4.78, 5) is 27.0. The van der Waals surface area contributed by atoms with Gasteiger partial charge in [-0.1, -0.05) is 36.4 Å². The molecule has 0 aliphatic carbocycles. The summed E-state index contributed by atoms with van der Waals surface area (Å²) in [6, 6.07) is 13.6. The van der Waals surface area contributed by atoms with Crippen LogP contribution in [0.1, 0.15) is 57.6 Å². The number of hydrogen-bond acceptors (Lipinski definition) is 4. The molecule has 3 aromatic carbocycles. The third kappa shape index (κ3) is 7.87. The van der Waals surface area contributed by atoms with Crippen molar-refractivity contribution >= 4 is 11.9 Å². The van der Waals surface area contributed by atoms with Gasteiger partial charge in [0.2, 0.25) is 5.91 Å². The molecule has 3 aromatic rings. The van der Waals surface area contributed by atoms with E-state index >= 15 is 0 Å². The molecule has 4 rings (SSSR count). The maximum atomic E-state index is 14.3. The van der Waals surface area contributed by atoms with Crippen LogP contribution in [0.3, 0.4) is 0 Å². The van der Waals surface area contributed by atoms with E-state index in [-0.39, 0.29) is 31.7 Å². The zero-order valence-corrected chi connectivity index (χ0v) is 22.3. The van der Waals surface area contributed by atoms with Crippen molar-refractivity contribution in [2.24, 2.45) is 0 Å². The summed E-state index contributed by atoms with van der Waals surface area (Å²) < 4.78 is 96.0. The topological polar surface area (TPSA) is 58.6 Å². The highest BCUT2D eigenvalue weighted by molar-refractivity contribution is 5.89. The van der Waals surface area contributed by atoms with Crippen molar-refractivity contribution in [3.63, 3.8) is 0 Å². The van der Waals surface area contributed by atoms with Gasteiger partial charge >= 0.3 is 18.3 Å². The average molecular weight is 597 g/mol. The molecule has 0 unspecified atom stereocenters. The molecule has 1 N–H and O–H groups in total. The minimum Gasteiger partial charge on any atom is -0.457 e. The predicted octanol–water partition coefficient (Wildman–Crippen LogP) is 6.87. The quantitative estimate of drug-likeness (QED) is 0.228. The van der Waals surface area contributed by atoms with E-state index in [1.165, 1.54) is 36.4 Å². The first kappa shape index (κ1) is 31.0. The fourth-order valence-corrected chi connectivity index (χ4v) is 4.65. The molecule has 0 radical (unpaired) electrons. The molecule has 1 heterocycles. The van der Waals surface area contributed by atoms with E-state index in [1.807, 2.05) is 0 Å². The molecule has 0 bridgehead atoms. The molecular formula is C30H27F7N2O3. The number of benzene rings is 3. The molecule has 12 heteroatoms. The fourth-order valence-electron chi connectivity index (χ4n) is 4.65. The Morgan fingerprint density at radius 1 is 0.857 bits per heavy atom. The lowest BCUT2D eigenvalue weighted by Gasteiger charge is -2.25. The van der Waals surface area contributed by atoms with E-state index < -0.39 is 53.6 Å². The predicted molar refractivity (Wildman–Crippen MR) is 139 cm³/mol. The van der Waals surface area contributed by atoms with Crippen molar-refractivity contribution in [2.75, 3.05) is 6.54 Å². The Bertz CT molecular complexity index is 1370.